The van der Waals surface area contributed by atoms with Gasteiger partial charge in [0.15, 0.2) is 0 Å². The number of aryl methyl sites for hydroxylation is 1. The van der Waals surface area contributed by atoms with Gasteiger partial charge in [-0.2, -0.15) is 17.0 Å². The zero-order valence-corrected chi connectivity index (χ0v) is 10.5. The van der Waals surface area contributed by atoms with Crippen LogP contribution in [0.15, 0.2) is 18.2 Å². The van der Waals surface area contributed by atoms with Gasteiger partial charge in [0.05, 0.1) is 11.6 Å². The lowest BCUT2D eigenvalue weighted by Gasteiger charge is -2.26. The lowest BCUT2D eigenvalue weighted by atomic mass is 10.1. The molecule has 1 aromatic carbocycles. The number of hydrogen-bond acceptors (Lipinski definition) is 3. The summed E-state index contributed by atoms with van der Waals surface area (Å²) in [7, 11) is 2.15. The molecule has 0 bridgehead atoms. The smallest absolute Gasteiger partial charge is 0.0994 e. The van der Waals surface area contributed by atoms with E-state index < -0.39 is 0 Å². The Bertz CT molecular complexity index is 416. The van der Waals surface area contributed by atoms with Crippen LogP contribution >= 0.6 is 11.8 Å². The molecule has 2 nitrogen and oxygen atoms in total. The average Bonchev–Trinajstić information content (AvgIpc) is 2.81. The highest BCUT2D eigenvalue weighted by molar-refractivity contribution is 7.99. The highest BCUT2D eigenvalue weighted by atomic mass is 32.2. The molecule has 1 fully saturated rings. The van der Waals surface area contributed by atoms with Crippen LogP contribution in [0.2, 0.25) is 0 Å². The van der Waals surface area contributed by atoms with E-state index in [1.807, 2.05) is 24.8 Å². The van der Waals surface area contributed by atoms with Crippen LogP contribution in [0.1, 0.15) is 17.5 Å². The van der Waals surface area contributed by atoms with Gasteiger partial charge in [-0.25, -0.2) is 0 Å². The first kappa shape index (κ1) is 11.3. The van der Waals surface area contributed by atoms with E-state index in [1.54, 1.807) is 0 Å². The van der Waals surface area contributed by atoms with E-state index in [9.17, 15) is 0 Å². The third-order valence-corrected chi connectivity index (χ3v) is 4.34. The maximum Gasteiger partial charge on any atom is 0.0994 e. The summed E-state index contributed by atoms with van der Waals surface area (Å²) in [5.41, 5.74) is 3.07. The highest BCUT2D eigenvalue weighted by Gasteiger charge is 2.20. The fourth-order valence-electron chi connectivity index (χ4n) is 2.03. The predicted octanol–water partition coefficient (Wildman–Crippen LogP) is 2.81. The Labute approximate surface area is 101 Å². The first-order valence-corrected chi connectivity index (χ1v) is 6.69. The second-order valence-electron chi connectivity index (χ2n) is 4.24. The molecule has 0 aliphatic carbocycles. The van der Waals surface area contributed by atoms with E-state index in [0.29, 0.717) is 6.04 Å². The number of nitrogens with zero attached hydrogens (tertiary/aromatic N) is 2. The summed E-state index contributed by atoms with van der Waals surface area (Å²) in [6.45, 7) is 2.00. The molecule has 0 N–H and O–H groups in total. The molecule has 0 saturated carbocycles. The monoisotopic (exact) mass is 232 g/mol. The first-order chi connectivity index (χ1) is 7.72. The lowest BCUT2D eigenvalue weighted by Crippen LogP contribution is -2.31. The zero-order chi connectivity index (χ0) is 11.5. The molecule has 0 aromatic heterocycles. The minimum absolute atomic E-state index is 0.650. The van der Waals surface area contributed by atoms with E-state index in [-0.39, 0.29) is 0 Å². The summed E-state index contributed by atoms with van der Waals surface area (Å²) < 4.78 is 0. The van der Waals surface area contributed by atoms with Crippen LogP contribution in [-0.2, 0) is 0 Å². The third kappa shape index (κ3) is 2.17. The maximum atomic E-state index is 8.89. The van der Waals surface area contributed by atoms with E-state index >= 15 is 0 Å². The van der Waals surface area contributed by atoms with Gasteiger partial charge < -0.3 is 4.90 Å². The molecule has 1 saturated heterocycles. The molecule has 0 amide bonds. The molecule has 1 heterocycles. The Balaban J connectivity index is 2.20. The Kier molecular flexibility index (Phi) is 3.40. The fourth-order valence-corrected chi connectivity index (χ4v) is 3.30. The van der Waals surface area contributed by atoms with Crippen molar-refractivity contribution in [1.29, 1.82) is 5.26 Å². The lowest BCUT2D eigenvalue weighted by molar-refractivity contribution is 0.700. The van der Waals surface area contributed by atoms with Crippen LogP contribution in [0, 0.1) is 18.3 Å². The predicted molar refractivity (Wildman–Crippen MR) is 70.0 cm³/mol. The van der Waals surface area contributed by atoms with Gasteiger partial charge >= 0.3 is 0 Å². The number of nitriles is 1. The van der Waals surface area contributed by atoms with Crippen molar-refractivity contribution in [3.05, 3.63) is 29.3 Å². The second-order valence-corrected chi connectivity index (χ2v) is 5.39. The standard InChI is InChI=1S/C13H16N2S/c1-10-7-12(4-3-11(10)8-14)15(2)13-5-6-16-9-13/h3-4,7,13H,5-6,9H2,1-2H3. The van der Waals surface area contributed by atoms with Crippen LogP contribution < -0.4 is 4.90 Å². The van der Waals surface area contributed by atoms with Crippen LogP contribution in [0.4, 0.5) is 5.69 Å². The summed E-state index contributed by atoms with van der Waals surface area (Å²) >= 11 is 2.02. The van der Waals surface area contributed by atoms with Crippen molar-refractivity contribution < 1.29 is 0 Å². The summed E-state index contributed by atoms with van der Waals surface area (Å²) in [4.78, 5) is 2.34. The Hall–Kier alpha value is -1.14. The molecule has 0 radical (unpaired) electrons. The molecule has 16 heavy (non-hydrogen) atoms. The van der Waals surface area contributed by atoms with Gasteiger partial charge in [0.25, 0.3) is 0 Å². The molecular weight excluding hydrogens is 216 g/mol. The van der Waals surface area contributed by atoms with Gasteiger partial charge in [0.1, 0.15) is 0 Å². The molecular formula is C13H16N2S. The quantitative estimate of drug-likeness (QED) is 0.784. The zero-order valence-electron chi connectivity index (χ0n) is 9.73. The minimum Gasteiger partial charge on any atom is -0.371 e. The number of rotatable bonds is 2. The largest absolute Gasteiger partial charge is 0.371 e. The minimum atomic E-state index is 0.650. The Morgan fingerprint density at radius 3 is 2.88 bits per heavy atom. The maximum absolute atomic E-state index is 8.89. The number of benzene rings is 1. The summed E-state index contributed by atoms with van der Waals surface area (Å²) in [5.74, 6) is 2.49. The number of thioether (sulfide) groups is 1. The summed E-state index contributed by atoms with van der Waals surface area (Å²) in [5, 5.41) is 8.89. The van der Waals surface area contributed by atoms with Gasteiger partial charge in [0, 0.05) is 24.5 Å². The van der Waals surface area contributed by atoms with Gasteiger partial charge in [-0.1, -0.05) is 0 Å². The summed E-state index contributed by atoms with van der Waals surface area (Å²) in [6.07, 6.45) is 1.26. The Morgan fingerprint density at radius 1 is 1.50 bits per heavy atom. The SMILES string of the molecule is Cc1cc(N(C)C2CCSC2)ccc1C#N. The first-order valence-electron chi connectivity index (χ1n) is 5.53. The molecule has 84 valence electrons. The van der Waals surface area contributed by atoms with Gasteiger partial charge in [0.2, 0.25) is 0 Å². The van der Waals surface area contributed by atoms with Gasteiger partial charge in [-0.05, 0) is 42.9 Å². The van der Waals surface area contributed by atoms with Crippen molar-refractivity contribution in [2.45, 2.75) is 19.4 Å². The van der Waals surface area contributed by atoms with Gasteiger partial charge in [-0.3, -0.25) is 0 Å². The average molecular weight is 232 g/mol. The van der Waals surface area contributed by atoms with E-state index in [2.05, 4.69) is 30.1 Å². The topological polar surface area (TPSA) is 27.0 Å². The van der Waals surface area contributed by atoms with Crippen LogP contribution in [-0.4, -0.2) is 24.6 Å². The van der Waals surface area contributed by atoms with Gasteiger partial charge in [-0.15, -0.1) is 0 Å². The number of hydrogen-bond donors (Lipinski definition) is 0. The van der Waals surface area contributed by atoms with Crippen molar-refractivity contribution in [3.8, 4) is 6.07 Å². The molecule has 0 spiro atoms. The molecule has 2 rings (SSSR count). The molecule has 1 aliphatic heterocycles. The van der Waals surface area contributed by atoms with Crippen LogP contribution in [0.3, 0.4) is 0 Å². The van der Waals surface area contributed by atoms with Crippen molar-refractivity contribution in [2.24, 2.45) is 0 Å². The summed E-state index contributed by atoms with van der Waals surface area (Å²) in [6, 6.07) is 8.94. The highest BCUT2D eigenvalue weighted by Crippen LogP contribution is 2.26. The molecule has 1 aromatic rings. The second kappa shape index (κ2) is 4.80. The third-order valence-electron chi connectivity index (χ3n) is 3.19. The Morgan fingerprint density at radius 2 is 2.31 bits per heavy atom. The van der Waals surface area contributed by atoms with E-state index in [1.165, 1.54) is 23.6 Å². The van der Waals surface area contributed by atoms with Crippen molar-refractivity contribution in [1.82, 2.24) is 0 Å². The van der Waals surface area contributed by atoms with E-state index in [0.717, 1.165) is 11.1 Å². The van der Waals surface area contributed by atoms with Crippen molar-refractivity contribution >= 4 is 17.4 Å². The van der Waals surface area contributed by atoms with Crippen molar-refractivity contribution in [3.63, 3.8) is 0 Å². The van der Waals surface area contributed by atoms with Crippen LogP contribution in [0.5, 0.6) is 0 Å². The normalized spacial score (nSPS) is 19.4. The molecule has 3 heteroatoms. The van der Waals surface area contributed by atoms with Crippen LogP contribution in [0.25, 0.3) is 0 Å². The molecule has 1 unspecified atom stereocenters. The van der Waals surface area contributed by atoms with E-state index in [4.69, 9.17) is 5.26 Å². The molecule has 1 aliphatic rings. The van der Waals surface area contributed by atoms with Crippen molar-refractivity contribution in [2.75, 3.05) is 23.5 Å². The molecule has 1 atom stereocenters. The fraction of sp³-hybridized carbons (Fsp3) is 0.462. The number of anilines is 1.